The molecule has 0 radical (unpaired) electrons. The number of rotatable bonds is 4. The molecule has 0 aliphatic heterocycles. The lowest BCUT2D eigenvalue weighted by molar-refractivity contribution is -0.856. The number of carbonyl (C=O) groups excluding carboxylic acids is 1. The Balaban J connectivity index is 2.50. The Morgan fingerprint density at radius 2 is 2.13 bits per heavy atom. The van der Waals surface area contributed by atoms with E-state index in [0.29, 0.717) is 17.9 Å². The van der Waals surface area contributed by atoms with Crippen LogP contribution in [0.3, 0.4) is 0 Å². The maximum absolute atomic E-state index is 11.7. The number of quaternary nitrogens is 1. The molecular formula is C11H19N2O2+. The zero-order valence-corrected chi connectivity index (χ0v) is 9.81. The second-order valence-corrected chi connectivity index (χ2v) is 4.04. The molecule has 0 spiro atoms. The number of nitrogens with one attached hydrogen (secondary N) is 2. The van der Waals surface area contributed by atoms with E-state index in [1.165, 1.54) is 4.90 Å². The monoisotopic (exact) mass is 211 g/mol. The van der Waals surface area contributed by atoms with Crippen molar-refractivity contribution >= 4 is 5.91 Å². The van der Waals surface area contributed by atoms with Gasteiger partial charge < -0.3 is 14.6 Å². The van der Waals surface area contributed by atoms with Crippen LogP contribution in [0.25, 0.3) is 0 Å². The van der Waals surface area contributed by atoms with Gasteiger partial charge in [0.05, 0.1) is 32.7 Å². The Bertz CT molecular complexity index is 342. The summed E-state index contributed by atoms with van der Waals surface area (Å²) in [5.74, 6) is 1.41. The van der Waals surface area contributed by atoms with E-state index in [2.05, 4.69) is 19.4 Å². The number of furan rings is 1. The minimum Gasteiger partial charge on any atom is -0.466 e. The summed E-state index contributed by atoms with van der Waals surface area (Å²) in [5, 5.41) is 2.86. The lowest BCUT2D eigenvalue weighted by Gasteiger charge is -2.07. The van der Waals surface area contributed by atoms with E-state index in [4.69, 9.17) is 4.42 Å². The zero-order valence-electron chi connectivity index (χ0n) is 9.81. The van der Waals surface area contributed by atoms with Crippen molar-refractivity contribution in [3.05, 3.63) is 23.2 Å². The van der Waals surface area contributed by atoms with Gasteiger partial charge in [-0.25, -0.2) is 0 Å². The van der Waals surface area contributed by atoms with Crippen LogP contribution in [0.5, 0.6) is 0 Å². The Morgan fingerprint density at radius 1 is 1.47 bits per heavy atom. The lowest BCUT2D eigenvalue weighted by atomic mass is 10.2. The highest BCUT2D eigenvalue weighted by atomic mass is 16.3. The molecule has 0 aromatic carbocycles. The van der Waals surface area contributed by atoms with Crippen LogP contribution in [0.4, 0.5) is 0 Å². The van der Waals surface area contributed by atoms with Crippen LogP contribution in [0.1, 0.15) is 21.9 Å². The highest BCUT2D eigenvalue weighted by Gasteiger charge is 2.12. The smallest absolute Gasteiger partial charge is 0.255 e. The zero-order chi connectivity index (χ0) is 11.4. The van der Waals surface area contributed by atoms with E-state index in [-0.39, 0.29) is 5.91 Å². The summed E-state index contributed by atoms with van der Waals surface area (Å²) in [6, 6.07) is 1.77. The average Bonchev–Trinajstić information content (AvgIpc) is 2.44. The molecule has 1 rings (SSSR count). The second-order valence-electron chi connectivity index (χ2n) is 4.04. The van der Waals surface area contributed by atoms with Gasteiger partial charge in [-0.2, -0.15) is 0 Å². The molecule has 15 heavy (non-hydrogen) atoms. The van der Waals surface area contributed by atoms with Crippen molar-refractivity contribution in [1.29, 1.82) is 0 Å². The largest absolute Gasteiger partial charge is 0.466 e. The Kier molecular flexibility index (Phi) is 3.91. The van der Waals surface area contributed by atoms with Gasteiger partial charge in [0, 0.05) is 0 Å². The number of carbonyl (C=O) groups is 1. The van der Waals surface area contributed by atoms with Crippen LogP contribution >= 0.6 is 0 Å². The molecule has 0 aliphatic rings. The van der Waals surface area contributed by atoms with Crippen LogP contribution < -0.4 is 10.2 Å². The molecular weight excluding hydrogens is 192 g/mol. The van der Waals surface area contributed by atoms with Crippen molar-refractivity contribution in [2.45, 2.75) is 13.8 Å². The third-order valence-electron chi connectivity index (χ3n) is 2.20. The second kappa shape index (κ2) is 4.98. The molecule has 2 N–H and O–H groups in total. The molecule has 1 amide bonds. The van der Waals surface area contributed by atoms with Gasteiger partial charge in [-0.3, -0.25) is 4.79 Å². The molecule has 0 saturated carbocycles. The molecule has 0 bridgehead atoms. The molecule has 1 aromatic rings. The summed E-state index contributed by atoms with van der Waals surface area (Å²) < 4.78 is 5.30. The summed E-state index contributed by atoms with van der Waals surface area (Å²) in [5.41, 5.74) is 0.640. The number of hydrogen-bond donors (Lipinski definition) is 2. The highest BCUT2D eigenvalue weighted by molar-refractivity contribution is 5.95. The van der Waals surface area contributed by atoms with Crippen molar-refractivity contribution in [1.82, 2.24) is 5.32 Å². The first-order chi connectivity index (χ1) is 7.00. The maximum atomic E-state index is 11.7. The van der Waals surface area contributed by atoms with Crippen LogP contribution in [-0.4, -0.2) is 33.1 Å². The van der Waals surface area contributed by atoms with Gasteiger partial charge in [0.25, 0.3) is 5.91 Å². The van der Waals surface area contributed by atoms with Gasteiger partial charge in [0.15, 0.2) is 0 Å². The van der Waals surface area contributed by atoms with E-state index in [1.54, 1.807) is 13.0 Å². The molecule has 0 fully saturated rings. The van der Waals surface area contributed by atoms with Gasteiger partial charge in [0.1, 0.15) is 11.5 Å². The molecule has 0 aliphatic carbocycles. The topological polar surface area (TPSA) is 46.7 Å². The van der Waals surface area contributed by atoms with Crippen LogP contribution in [0, 0.1) is 13.8 Å². The van der Waals surface area contributed by atoms with Crippen LogP contribution in [0.2, 0.25) is 0 Å². The van der Waals surface area contributed by atoms with Gasteiger partial charge in [-0.15, -0.1) is 0 Å². The Morgan fingerprint density at radius 3 is 2.60 bits per heavy atom. The SMILES string of the molecule is Cc1cc(C(=O)NCC[NH+](C)C)c(C)o1. The average molecular weight is 211 g/mol. The number of amides is 1. The predicted octanol–water partition coefficient (Wildman–Crippen LogP) is -0.229. The number of aryl methyl sites for hydroxylation is 2. The third kappa shape index (κ3) is 3.40. The van der Waals surface area contributed by atoms with E-state index < -0.39 is 0 Å². The van der Waals surface area contributed by atoms with E-state index in [9.17, 15) is 4.79 Å². The molecule has 1 heterocycles. The fraction of sp³-hybridized carbons (Fsp3) is 0.545. The lowest BCUT2D eigenvalue weighted by Crippen LogP contribution is -3.06. The first-order valence-electron chi connectivity index (χ1n) is 5.15. The minimum absolute atomic E-state index is 0.0504. The summed E-state index contributed by atoms with van der Waals surface area (Å²) >= 11 is 0. The van der Waals surface area contributed by atoms with E-state index >= 15 is 0 Å². The molecule has 84 valence electrons. The van der Waals surface area contributed by atoms with E-state index in [0.717, 1.165) is 12.3 Å². The van der Waals surface area contributed by atoms with Crippen molar-refractivity contribution in [2.24, 2.45) is 0 Å². The van der Waals surface area contributed by atoms with Crippen LogP contribution in [0.15, 0.2) is 10.5 Å². The molecule has 1 aromatic heterocycles. The maximum Gasteiger partial charge on any atom is 0.255 e. The standard InChI is InChI=1S/C11H18N2O2/c1-8-7-10(9(2)15-8)11(14)12-5-6-13(3)4/h7H,5-6H2,1-4H3,(H,12,14)/p+1. The molecule has 0 saturated heterocycles. The summed E-state index contributed by atoms with van der Waals surface area (Å²) in [6.07, 6.45) is 0. The summed E-state index contributed by atoms with van der Waals surface area (Å²) in [6.45, 7) is 5.25. The molecule has 4 nitrogen and oxygen atoms in total. The Labute approximate surface area is 90.3 Å². The molecule has 0 atom stereocenters. The van der Waals surface area contributed by atoms with E-state index in [1.807, 2.05) is 6.92 Å². The normalized spacial score (nSPS) is 10.7. The van der Waals surface area contributed by atoms with Gasteiger partial charge in [-0.05, 0) is 19.9 Å². The summed E-state index contributed by atoms with van der Waals surface area (Å²) in [7, 11) is 4.11. The summed E-state index contributed by atoms with van der Waals surface area (Å²) in [4.78, 5) is 13.0. The van der Waals surface area contributed by atoms with Crippen molar-refractivity contribution in [3.63, 3.8) is 0 Å². The quantitative estimate of drug-likeness (QED) is 0.723. The van der Waals surface area contributed by atoms with Gasteiger partial charge in [-0.1, -0.05) is 0 Å². The first kappa shape index (κ1) is 11.8. The Hall–Kier alpha value is -1.29. The third-order valence-corrected chi connectivity index (χ3v) is 2.20. The van der Waals surface area contributed by atoms with Gasteiger partial charge in [0.2, 0.25) is 0 Å². The van der Waals surface area contributed by atoms with Crippen molar-refractivity contribution < 1.29 is 14.1 Å². The molecule has 4 heteroatoms. The number of likely N-dealkylation sites (N-methyl/N-ethyl adjacent to an activating group) is 1. The fourth-order valence-electron chi connectivity index (χ4n) is 1.38. The fourth-order valence-corrected chi connectivity index (χ4v) is 1.38. The first-order valence-corrected chi connectivity index (χ1v) is 5.15. The predicted molar refractivity (Wildman–Crippen MR) is 58.2 cm³/mol. The van der Waals surface area contributed by atoms with Crippen LogP contribution in [-0.2, 0) is 0 Å². The highest BCUT2D eigenvalue weighted by Crippen LogP contribution is 2.12. The van der Waals surface area contributed by atoms with Gasteiger partial charge >= 0.3 is 0 Å². The molecule has 0 unspecified atom stereocenters. The van der Waals surface area contributed by atoms with Crippen molar-refractivity contribution in [3.8, 4) is 0 Å². The van der Waals surface area contributed by atoms with Crippen molar-refractivity contribution in [2.75, 3.05) is 27.2 Å². The number of hydrogen-bond acceptors (Lipinski definition) is 2. The minimum atomic E-state index is -0.0504.